The summed E-state index contributed by atoms with van der Waals surface area (Å²) in [6.45, 7) is 4.77. The highest BCUT2D eigenvalue weighted by Gasteiger charge is 2.34. The van der Waals surface area contributed by atoms with Crippen LogP contribution in [0.3, 0.4) is 0 Å². The van der Waals surface area contributed by atoms with Crippen LogP contribution < -0.4 is 5.56 Å². The maximum Gasteiger partial charge on any atom is 0.255 e. The summed E-state index contributed by atoms with van der Waals surface area (Å²) in [6.07, 6.45) is 8.13. The quantitative estimate of drug-likeness (QED) is 0.788. The predicted molar refractivity (Wildman–Crippen MR) is 122 cm³/mol. The molecule has 7 heteroatoms. The summed E-state index contributed by atoms with van der Waals surface area (Å²) in [4.78, 5) is 39.4. The van der Waals surface area contributed by atoms with Gasteiger partial charge in [-0.1, -0.05) is 13.0 Å². The van der Waals surface area contributed by atoms with E-state index in [-0.39, 0.29) is 17.5 Å². The van der Waals surface area contributed by atoms with Gasteiger partial charge in [0.05, 0.1) is 23.7 Å². The lowest BCUT2D eigenvalue weighted by Gasteiger charge is -2.38. The van der Waals surface area contributed by atoms with Crippen LogP contribution in [-0.4, -0.2) is 44.8 Å². The molecule has 1 unspecified atom stereocenters. The molecule has 2 aromatic heterocycles. The van der Waals surface area contributed by atoms with Crippen molar-refractivity contribution in [2.24, 2.45) is 5.92 Å². The second kappa shape index (κ2) is 8.87. The molecular formula is C24H32N4O2S. The van der Waals surface area contributed by atoms with Gasteiger partial charge in [-0.3, -0.25) is 14.5 Å². The largest absolute Gasteiger partial charge is 0.332 e. The summed E-state index contributed by atoms with van der Waals surface area (Å²) in [6, 6.07) is 4.48. The van der Waals surface area contributed by atoms with Gasteiger partial charge in [0.2, 0.25) is 5.91 Å². The second-order valence-electron chi connectivity index (χ2n) is 9.51. The van der Waals surface area contributed by atoms with Crippen LogP contribution in [0.15, 0.2) is 22.3 Å². The molecule has 0 spiro atoms. The van der Waals surface area contributed by atoms with Crippen LogP contribution in [0.2, 0.25) is 0 Å². The molecule has 1 N–H and O–H groups in total. The van der Waals surface area contributed by atoms with Crippen molar-refractivity contribution < 1.29 is 4.79 Å². The molecule has 31 heavy (non-hydrogen) atoms. The number of thiophene rings is 1. The molecule has 1 saturated heterocycles. The number of H-pyrrole nitrogens is 1. The van der Waals surface area contributed by atoms with E-state index < -0.39 is 0 Å². The van der Waals surface area contributed by atoms with Crippen molar-refractivity contribution >= 4 is 17.2 Å². The molecule has 2 fully saturated rings. The Balaban J connectivity index is 1.32. The third kappa shape index (κ3) is 4.35. The highest BCUT2D eigenvalue weighted by molar-refractivity contribution is 7.10. The van der Waals surface area contributed by atoms with E-state index in [2.05, 4.69) is 16.8 Å². The minimum absolute atomic E-state index is 0.00793. The van der Waals surface area contributed by atoms with Crippen molar-refractivity contribution in [1.29, 1.82) is 0 Å². The minimum Gasteiger partial charge on any atom is -0.332 e. The Morgan fingerprint density at radius 3 is 2.84 bits per heavy atom. The summed E-state index contributed by atoms with van der Waals surface area (Å²) in [5, 5.41) is 2.00. The van der Waals surface area contributed by atoms with E-state index in [4.69, 9.17) is 4.98 Å². The predicted octanol–water partition coefficient (Wildman–Crippen LogP) is 3.67. The van der Waals surface area contributed by atoms with Crippen LogP contribution in [0.5, 0.6) is 0 Å². The highest BCUT2D eigenvalue weighted by Crippen LogP contribution is 2.32. The fraction of sp³-hybridized carbons (Fsp3) is 0.625. The Hall–Kier alpha value is -1.99. The fourth-order valence-corrected chi connectivity index (χ4v) is 6.25. The van der Waals surface area contributed by atoms with E-state index in [1.54, 1.807) is 11.3 Å². The Morgan fingerprint density at radius 1 is 1.23 bits per heavy atom. The van der Waals surface area contributed by atoms with Crippen LogP contribution >= 0.6 is 11.3 Å². The molecule has 1 saturated carbocycles. The third-order valence-corrected chi connectivity index (χ3v) is 8.29. The molecule has 166 valence electrons. The summed E-state index contributed by atoms with van der Waals surface area (Å²) in [5.74, 6) is 1.64. The first-order valence-electron chi connectivity index (χ1n) is 11.8. The number of amides is 1. The first-order valence-corrected chi connectivity index (χ1v) is 12.6. The van der Waals surface area contributed by atoms with Crippen molar-refractivity contribution in [3.63, 3.8) is 0 Å². The van der Waals surface area contributed by atoms with E-state index in [1.807, 2.05) is 22.4 Å². The van der Waals surface area contributed by atoms with Crippen LogP contribution in [0, 0.1) is 5.92 Å². The molecular weight excluding hydrogens is 408 g/mol. The monoisotopic (exact) mass is 440 g/mol. The molecule has 1 aliphatic carbocycles. The van der Waals surface area contributed by atoms with Crippen molar-refractivity contribution in [2.45, 2.75) is 76.9 Å². The first-order chi connectivity index (χ1) is 15.1. The van der Waals surface area contributed by atoms with Gasteiger partial charge >= 0.3 is 0 Å². The molecule has 2 aromatic rings. The van der Waals surface area contributed by atoms with Crippen molar-refractivity contribution in [1.82, 2.24) is 19.8 Å². The Bertz CT molecular complexity index is 978. The van der Waals surface area contributed by atoms with Crippen LogP contribution in [-0.2, 0) is 24.2 Å². The number of aromatic nitrogens is 2. The number of aromatic amines is 1. The maximum atomic E-state index is 13.0. The number of carbonyl (C=O) groups excluding carboxylic acids is 1. The Labute approximate surface area is 187 Å². The number of likely N-dealkylation sites (tertiary alicyclic amines) is 1. The highest BCUT2D eigenvalue weighted by atomic mass is 32.1. The minimum atomic E-state index is -0.108. The molecule has 4 heterocycles. The molecule has 6 nitrogen and oxygen atoms in total. The van der Waals surface area contributed by atoms with Gasteiger partial charge < -0.3 is 9.88 Å². The number of hydrogen-bond acceptors (Lipinski definition) is 5. The van der Waals surface area contributed by atoms with E-state index in [0.29, 0.717) is 24.8 Å². The molecule has 3 aliphatic rings. The lowest BCUT2D eigenvalue weighted by atomic mass is 9.86. The van der Waals surface area contributed by atoms with Crippen LogP contribution in [0.4, 0.5) is 0 Å². The van der Waals surface area contributed by atoms with Gasteiger partial charge in [-0.05, 0) is 55.9 Å². The van der Waals surface area contributed by atoms with Gasteiger partial charge in [0.15, 0.2) is 0 Å². The summed E-state index contributed by atoms with van der Waals surface area (Å²) in [7, 11) is 0. The smallest absolute Gasteiger partial charge is 0.255 e. The zero-order chi connectivity index (χ0) is 21.4. The summed E-state index contributed by atoms with van der Waals surface area (Å²) in [5.41, 5.74) is 1.77. The number of nitrogens with one attached hydrogen (secondary N) is 1. The zero-order valence-corrected chi connectivity index (χ0v) is 19.1. The van der Waals surface area contributed by atoms with Gasteiger partial charge in [-0.25, -0.2) is 4.98 Å². The first kappa shape index (κ1) is 20.9. The molecule has 5 rings (SSSR count). The number of nitrogens with zero attached hydrogens (tertiary/aromatic N) is 3. The van der Waals surface area contributed by atoms with Crippen LogP contribution in [0.1, 0.15) is 73.4 Å². The lowest BCUT2D eigenvalue weighted by molar-refractivity contribution is -0.131. The number of fused-ring (bicyclic) bond motifs is 1. The van der Waals surface area contributed by atoms with Gasteiger partial charge in [0, 0.05) is 37.0 Å². The molecule has 0 radical (unpaired) electrons. The topological polar surface area (TPSA) is 69.3 Å². The third-order valence-electron chi connectivity index (χ3n) is 7.41. The summed E-state index contributed by atoms with van der Waals surface area (Å²) >= 11 is 1.61. The maximum absolute atomic E-state index is 13.0. The van der Waals surface area contributed by atoms with E-state index in [9.17, 15) is 9.59 Å². The average molecular weight is 441 g/mol. The van der Waals surface area contributed by atoms with E-state index >= 15 is 0 Å². The Kier molecular flexibility index (Phi) is 5.97. The second-order valence-corrected chi connectivity index (χ2v) is 10.5. The van der Waals surface area contributed by atoms with Crippen LogP contribution in [0.25, 0.3) is 0 Å². The number of rotatable bonds is 4. The normalized spacial score (nSPS) is 26.7. The standard InChI is InChI=1S/C24H32N4O2S/c1-16-6-8-17(9-7-16)27-12-10-20-19(15-27)24(30)26-23(25-20)21-5-2-11-28(21)22(29)14-18-4-3-13-31-18/h3-4,13,16-17,21H,2,5-12,14-15H2,1H3,(H,25,26,30). The van der Waals surface area contributed by atoms with Gasteiger partial charge in [0.25, 0.3) is 5.56 Å². The Morgan fingerprint density at radius 2 is 2.06 bits per heavy atom. The van der Waals surface area contributed by atoms with Gasteiger partial charge in [-0.2, -0.15) is 0 Å². The van der Waals surface area contributed by atoms with Gasteiger partial charge in [0.1, 0.15) is 5.82 Å². The molecule has 1 amide bonds. The lowest BCUT2D eigenvalue weighted by Crippen LogP contribution is -2.44. The molecule has 0 bridgehead atoms. The summed E-state index contributed by atoms with van der Waals surface area (Å²) < 4.78 is 0. The van der Waals surface area contributed by atoms with E-state index in [1.165, 1.54) is 25.7 Å². The number of carbonyl (C=O) groups is 1. The van der Waals surface area contributed by atoms with Crippen molar-refractivity contribution in [3.8, 4) is 0 Å². The average Bonchev–Trinajstić information content (AvgIpc) is 3.46. The van der Waals surface area contributed by atoms with E-state index in [0.717, 1.165) is 54.4 Å². The molecule has 1 atom stereocenters. The fourth-order valence-electron chi connectivity index (χ4n) is 5.56. The SMILES string of the molecule is CC1CCC(N2CCc3nc(C4CCCN4C(=O)Cc4cccs4)[nH]c(=O)c3C2)CC1. The van der Waals surface area contributed by atoms with Crippen molar-refractivity contribution in [2.75, 3.05) is 13.1 Å². The van der Waals surface area contributed by atoms with Crippen molar-refractivity contribution in [3.05, 3.63) is 49.8 Å². The zero-order valence-electron chi connectivity index (χ0n) is 18.3. The molecule has 2 aliphatic heterocycles. The molecule has 0 aromatic carbocycles. The van der Waals surface area contributed by atoms with Gasteiger partial charge in [-0.15, -0.1) is 11.3 Å². The number of hydrogen-bond donors (Lipinski definition) is 1.